The summed E-state index contributed by atoms with van der Waals surface area (Å²) >= 11 is 12.6. The minimum atomic E-state index is 0.223. The summed E-state index contributed by atoms with van der Waals surface area (Å²) in [6, 6.07) is 14.6. The summed E-state index contributed by atoms with van der Waals surface area (Å²) in [6.07, 6.45) is 3.03. The zero-order valence-corrected chi connectivity index (χ0v) is 17.5. The van der Waals surface area contributed by atoms with Crippen LogP contribution >= 0.6 is 23.2 Å². The molecular formula is C22H25Cl2N3O. The highest BCUT2D eigenvalue weighted by atomic mass is 35.5. The van der Waals surface area contributed by atoms with Gasteiger partial charge >= 0.3 is 0 Å². The molecular weight excluding hydrogens is 393 g/mol. The summed E-state index contributed by atoms with van der Waals surface area (Å²) < 4.78 is 5.48. The van der Waals surface area contributed by atoms with Crippen molar-refractivity contribution in [3.05, 3.63) is 75.4 Å². The van der Waals surface area contributed by atoms with Crippen LogP contribution in [0.25, 0.3) is 0 Å². The molecule has 1 N–H and O–H groups in total. The standard InChI is InChI=1S/C22H25Cl2N3O/c1-16-14-27(21-8-4-7-19(23)22(21)24)25-20(16)13-17-5-2-3-6-18(17)15-26-9-11-28-12-10-26/h2-8,14,20,25H,9-13,15H2,1H3. The summed E-state index contributed by atoms with van der Waals surface area (Å²) in [7, 11) is 0. The Balaban J connectivity index is 1.48. The Hall–Kier alpha value is -1.56. The Morgan fingerprint density at radius 3 is 2.57 bits per heavy atom. The van der Waals surface area contributed by atoms with Crippen LogP contribution in [-0.2, 0) is 17.7 Å². The summed E-state index contributed by atoms with van der Waals surface area (Å²) in [5.74, 6) is 0. The van der Waals surface area contributed by atoms with E-state index in [2.05, 4.69) is 47.7 Å². The first-order chi connectivity index (χ1) is 13.6. The Morgan fingerprint density at radius 2 is 1.79 bits per heavy atom. The number of hydrogen-bond acceptors (Lipinski definition) is 4. The van der Waals surface area contributed by atoms with Gasteiger partial charge in [-0.3, -0.25) is 9.91 Å². The minimum absolute atomic E-state index is 0.223. The normalized spacial score (nSPS) is 20.5. The molecule has 0 aliphatic carbocycles. The van der Waals surface area contributed by atoms with E-state index >= 15 is 0 Å². The third-order valence-corrected chi connectivity index (χ3v) is 6.22. The number of rotatable bonds is 5. The van der Waals surface area contributed by atoms with E-state index in [0.29, 0.717) is 10.0 Å². The third-order valence-electron chi connectivity index (χ3n) is 5.41. The molecule has 148 valence electrons. The number of halogens is 2. The average molecular weight is 418 g/mol. The Kier molecular flexibility index (Phi) is 6.24. The van der Waals surface area contributed by atoms with Gasteiger partial charge in [0.2, 0.25) is 0 Å². The van der Waals surface area contributed by atoms with Crippen molar-refractivity contribution in [2.75, 3.05) is 31.3 Å². The Labute approximate surface area is 176 Å². The van der Waals surface area contributed by atoms with Crippen molar-refractivity contribution in [3.63, 3.8) is 0 Å². The molecule has 1 unspecified atom stereocenters. The van der Waals surface area contributed by atoms with Crippen molar-refractivity contribution in [3.8, 4) is 0 Å². The van der Waals surface area contributed by atoms with Crippen LogP contribution in [0.4, 0.5) is 5.69 Å². The van der Waals surface area contributed by atoms with E-state index in [0.717, 1.165) is 45.0 Å². The van der Waals surface area contributed by atoms with E-state index in [1.54, 1.807) is 6.07 Å². The van der Waals surface area contributed by atoms with Gasteiger partial charge in [0.15, 0.2) is 0 Å². The number of nitrogens with zero attached hydrogens (tertiary/aromatic N) is 2. The highest BCUT2D eigenvalue weighted by molar-refractivity contribution is 6.43. The summed E-state index contributed by atoms with van der Waals surface area (Å²) in [6.45, 7) is 6.76. The second-order valence-corrected chi connectivity index (χ2v) is 8.14. The number of anilines is 1. The first-order valence-electron chi connectivity index (χ1n) is 9.66. The van der Waals surface area contributed by atoms with Crippen molar-refractivity contribution in [2.24, 2.45) is 0 Å². The van der Waals surface area contributed by atoms with Crippen LogP contribution in [-0.4, -0.2) is 37.2 Å². The van der Waals surface area contributed by atoms with Gasteiger partial charge in [-0.1, -0.05) is 53.5 Å². The Morgan fingerprint density at radius 1 is 1.04 bits per heavy atom. The number of morpholine rings is 1. The molecule has 2 aliphatic rings. The summed E-state index contributed by atoms with van der Waals surface area (Å²) in [5.41, 5.74) is 8.48. The van der Waals surface area contributed by atoms with Gasteiger partial charge in [-0.25, -0.2) is 5.43 Å². The number of nitrogens with one attached hydrogen (secondary N) is 1. The molecule has 4 nitrogen and oxygen atoms in total. The highest BCUT2D eigenvalue weighted by Gasteiger charge is 2.25. The molecule has 1 fully saturated rings. The third kappa shape index (κ3) is 4.37. The maximum Gasteiger partial charge on any atom is 0.0843 e. The lowest BCUT2D eigenvalue weighted by Crippen LogP contribution is -2.38. The fourth-order valence-corrected chi connectivity index (χ4v) is 4.14. The van der Waals surface area contributed by atoms with Crippen molar-refractivity contribution >= 4 is 28.9 Å². The van der Waals surface area contributed by atoms with Gasteiger partial charge in [-0.15, -0.1) is 0 Å². The van der Waals surface area contributed by atoms with E-state index in [1.807, 2.05) is 17.1 Å². The highest BCUT2D eigenvalue weighted by Crippen LogP contribution is 2.34. The predicted molar refractivity (Wildman–Crippen MR) is 116 cm³/mol. The molecule has 0 aromatic heterocycles. The van der Waals surface area contributed by atoms with Gasteiger partial charge < -0.3 is 4.74 Å². The van der Waals surface area contributed by atoms with Crippen LogP contribution in [0.15, 0.2) is 54.2 Å². The minimum Gasteiger partial charge on any atom is -0.379 e. The van der Waals surface area contributed by atoms with E-state index in [4.69, 9.17) is 27.9 Å². The van der Waals surface area contributed by atoms with Crippen molar-refractivity contribution in [1.29, 1.82) is 0 Å². The zero-order chi connectivity index (χ0) is 19.5. The molecule has 4 rings (SSSR count). The number of ether oxygens (including phenoxy) is 1. The predicted octanol–water partition coefficient (Wildman–Crippen LogP) is 4.67. The first-order valence-corrected chi connectivity index (χ1v) is 10.4. The molecule has 2 aliphatic heterocycles. The molecule has 1 atom stereocenters. The molecule has 28 heavy (non-hydrogen) atoms. The molecule has 0 bridgehead atoms. The quantitative estimate of drug-likeness (QED) is 0.764. The van der Waals surface area contributed by atoms with Crippen LogP contribution in [0.3, 0.4) is 0 Å². The lowest BCUT2D eigenvalue weighted by Gasteiger charge is -2.28. The molecule has 0 saturated carbocycles. The average Bonchev–Trinajstić information content (AvgIpc) is 3.06. The first kappa shape index (κ1) is 19.7. The van der Waals surface area contributed by atoms with Crippen LogP contribution < -0.4 is 10.4 Å². The van der Waals surface area contributed by atoms with E-state index in [1.165, 1.54) is 16.7 Å². The smallest absolute Gasteiger partial charge is 0.0843 e. The fraction of sp³-hybridized carbons (Fsp3) is 0.364. The van der Waals surface area contributed by atoms with Gasteiger partial charge in [0.05, 0.1) is 35.0 Å². The summed E-state index contributed by atoms with van der Waals surface area (Å²) in [5, 5.41) is 3.11. The number of hydrazine groups is 1. The molecule has 0 radical (unpaired) electrons. The molecule has 1 saturated heterocycles. The molecule has 0 spiro atoms. The van der Waals surface area contributed by atoms with Crippen molar-refractivity contribution in [1.82, 2.24) is 10.3 Å². The maximum absolute atomic E-state index is 6.40. The van der Waals surface area contributed by atoms with Crippen molar-refractivity contribution < 1.29 is 4.74 Å². The zero-order valence-electron chi connectivity index (χ0n) is 16.0. The van der Waals surface area contributed by atoms with Crippen LogP contribution in [0, 0.1) is 0 Å². The molecule has 2 aromatic carbocycles. The monoisotopic (exact) mass is 417 g/mol. The van der Waals surface area contributed by atoms with E-state index in [9.17, 15) is 0 Å². The number of benzene rings is 2. The lowest BCUT2D eigenvalue weighted by atomic mass is 9.97. The topological polar surface area (TPSA) is 27.7 Å². The largest absolute Gasteiger partial charge is 0.379 e. The van der Waals surface area contributed by atoms with Gasteiger partial charge in [-0.2, -0.15) is 0 Å². The van der Waals surface area contributed by atoms with Crippen LogP contribution in [0.2, 0.25) is 10.0 Å². The van der Waals surface area contributed by atoms with E-state index < -0.39 is 0 Å². The van der Waals surface area contributed by atoms with Gasteiger partial charge in [0, 0.05) is 25.8 Å². The second kappa shape index (κ2) is 8.85. The maximum atomic E-state index is 6.40. The summed E-state index contributed by atoms with van der Waals surface area (Å²) in [4.78, 5) is 2.46. The molecule has 2 heterocycles. The molecule has 2 aromatic rings. The SMILES string of the molecule is CC1=CN(c2cccc(Cl)c2Cl)NC1Cc1ccccc1CN1CCOCC1. The number of hydrogen-bond donors (Lipinski definition) is 1. The molecule has 0 amide bonds. The van der Waals surface area contributed by atoms with Gasteiger partial charge in [0.25, 0.3) is 0 Å². The van der Waals surface area contributed by atoms with Crippen LogP contribution in [0.1, 0.15) is 18.1 Å². The van der Waals surface area contributed by atoms with Crippen molar-refractivity contribution in [2.45, 2.75) is 25.9 Å². The van der Waals surface area contributed by atoms with Gasteiger partial charge in [-0.05, 0) is 42.2 Å². The Bertz CT molecular complexity index is 865. The molecule has 6 heteroatoms. The lowest BCUT2D eigenvalue weighted by molar-refractivity contribution is 0.0340. The van der Waals surface area contributed by atoms with Gasteiger partial charge in [0.1, 0.15) is 0 Å². The second-order valence-electron chi connectivity index (χ2n) is 7.36. The fourth-order valence-electron chi connectivity index (χ4n) is 3.76. The van der Waals surface area contributed by atoms with Crippen LogP contribution in [0.5, 0.6) is 0 Å². The van der Waals surface area contributed by atoms with E-state index in [-0.39, 0.29) is 6.04 Å².